The van der Waals surface area contributed by atoms with Gasteiger partial charge in [-0.25, -0.2) is 13.2 Å². The van der Waals surface area contributed by atoms with E-state index in [9.17, 15) is 32.7 Å². The molecule has 0 radical (unpaired) electrons. The molecular formula is C19H18F3N3O5. The number of hydrogen-bond donors (Lipinski definition) is 2. The molecular weight excluding hydrogens is 407 g/mol. The lowest BCUT2D eigenvalue weighted by atomic mass is 9.90. The Kier molecular flexibility index (Phi) is 5.24. The molecule has 2 amide bonds. The van der Waals surface area contributed by atoms with Gasteiger partial charge in [-0.15, -0.1) is 0 Å². The first-order valence-electron chi connectivity index (χ1n) is 9.27. The summed E-state index contributed by atoms with van der Waals surface area (Å²) in [4.78, 5) is 40.7. The molecule has 2 unspecified atom stereocenters. The van der Waals surface area contributed by atoms with E-state index in [4.69, 9.17) is 4.74 Å². The van der Waals surface area contributed by atoms with E-state index in [0.717, 1.165) is 0 Å². The minimum Gasteiger partial charge on any atom is -0.382 e. The molecule has 8 nitrogen and oxygen atoms in total. The van der Waals surface area contributed by atoms with E-state index >= 15 is 0 Å². The number of rotatable bonds is 3. The molecule has 160 valence electrons. The summed E-state index contributed by atoms with van der Waals surface area (Å²) in [7, 11) is 0. The zero-order valence-electron chi connectivity index (χ0n) is 15.6. The number of ether oxygens (including phenoxy) is 1. The van der Waals surface area contributed by atoms with E-state index in [1.807, 2.05) is 0 Å². The monoisotopic (exact) mass is 425 g/mol. The van der Waals surface area contributed by atoms with Crippen LogP contribution in [0.3, 0.4) is 0 Å². The predicted molar refractivity (Wildman–Crippen MR) is 94.1 cm³/mol. The normalized spacial score (nSPS) is 26.1. The summed E-state index contributed by atoms with van der Waals surface area (Å²) >= 11 is 0. The standard InChI is InChI=1S/C19H18F3N3O5/c20-9-3-13(21)11(14(22)4-9)5-23-18(28)12-7-25-10-6-24(1-2-30-8-10)19(29)15(25)17(27)16(12)26/h3-4,7,10,15,17,27H,1-2,5-6,8H2,(H,23,28)/t10-,15?,17?/m1/s1. The second-order valence-electron chi connectivity index (χ2n) is 7.29. The summed E-state index contributed by atoms with van der Waals surface area (Å²) < 4.78 is 46.0. The molecule has 2 N–H and O–H groups in total. The largest absolute Gasteiger partial charge is 0.382 e. The molecule has 1 aromatic carbocycles. The number of carbonyl (C=O) groups is 3. The highest BCUT2D eigenvalue weighted by Gasteiger charge is 2.50. The average Bonchev–Trinajstić information content (AvgIpc) is 2.91. The Bertz CT molecular complexity index is 930. The Balaban J connectivity index is 1.57. The van der Waals surface area contributed by atoms with Gasteiger partial charge in [-0.1, -0.05) is 0 Å². The van der Waals surface area contributed by atoms with E-state index in [-0.39, 0.29) is 12.6 Å². The molecule has 30 heavy (non-hydrogen) atoms. The van der Waals surface area contributed by atoms with Crippen molar-refractivity contribution in [1.82, 2.24) is 15.1 Å². The molecule has 2 fully saturated rings. The second-order valence-corrected chi connectivity index (χ2v) is 7.29. The number of halogens is 3. The summed E-state index contributed by atoms with van der Waals surface area (Å²) in [5, 5.41) is 12.7. The lowest BCUT2D eigenvalue weighted by Crippen LogP contribution is -2.67. The highest BCUT2D eigenvalue weighted by molar-refractivity contribution is 6.22. The summed E-state index contributed by atoms with van der Waals surface area (Å²) in [5.74, 6) is -5.87. The van der Waals surface area contributed by atoms with Crippen molar-refractivity contribution in [1.29, 1.82) is 0 Å². The van der Waals surface area contributed by atoms with Gasteiger partial charge in [0.1, 0.15) is 35.2 Å². The third-order valence-electron chi connectivity index (χ3n) is 5.44. The molecule has 3 atom stereocenters. The smallest absolute Gasteiger partial charge is 0.256 e. The number of nitrogens with zero attached hydrogens (tertiary/aromatic N) is 2. The lowest BCUT2D eigenvalue weighted by molar-refractivity contribution is -0.153. The molecule has 3 aliphatic heterocycles. The molecule has 0 spiro atoms. The van der Waals surface area contributed by atoms with E-state index in [2.05, 4.69) is 5.32 Å². The van der Waals surface area contributed by atoms with Crippen LogP contribution in [0.4, 0.5) is 13.2 Å². The van der Waals surface area contributed by atoms with Crippen molar-refractivity contribution >= 4 is 17.6 Å². The van der Waals surface area contributed by atoms with Gasteiger partial charge in [-0.05, 0) is 0 Å². The fourth-order valence-corrected chi connectivity index (χ4v) is 3.89. The minimum absolute atomic E-state index is 0.235. The average molecular weight is 425 g/mol. The number of fused-ring (bicyclic) bond motifs is 4. The summed E-state index contributed by atoms with van der Waals surface area (Å²) in [6, 6.07) is -0.586. The van der Waals surface area contributed by atoms with Gasteiger partial charge in [0.15, 0.2) is 0 Å². The van der Waals surface area contributed by atoms with Crippen LogP contribution in [0.15, 0.2) is 23.9 Å². The molecule has 0 aliphatic carbocycles. The predicted octanol–water partition coefficient (Wildman–Crippen LogP) is -0.541. The highest BCUT2D eigenvalue weighted by atomic mass is 19.1. The molecule has 0 aromatic heterocycles. The zero-order chi connectivity index (χ0) is 21.6. The van der Waals surface area contributed by atoms with Crippen molar-refractivity contribution in [2.75, 3.05) is 26.3 Å². The van der Waals surface area contributed by atoms with Crippen LogP contribution in [0.5, 0.6) is 0 Å². The zero-order valence-corrected chi connectivity index (χ0v) is 15.6. The lowest BCUT2D eigenvalue weighted by Gasteiger charge is -2.47. The number of benzene rings is 1. The Morgan fingerprint density at radius 3 is 2.63 bits per heavy atom. The molecule has 0 saturated carbocycles. The number of nitrogens with one attached hydrogen (secondary N) is 1. The van der Waals surface area contributed by atoms with Crippen LogP contribution in [0.1, 0.15) is 5.56 Å². The third-order valence-corrected chi connectivity index (χ3v) is 5.44. The first-order chi connectivity index (χ1) is 14.3. The first kappa shape index (κ1) is 20.4. The second kappa shape index (κ2) is 7.73. The molecule has 11 heteroatoms. The van der Waals surface area contributed by atoms with E-state index in [0.29, 0.717) is 31.8 Å². The fourth-order valence-electron chi connectivity index (χ4n) is 3.89. The maximum Gasteiger partial charge on any atom is 0.256 e. The molecule has 2 bridgehead atoms. The number of hydrogen-bond acceptors (Lipinski definition) is 6. The van der Waals surface area contributed by atoms with Gasteiger partial charge < -0.3 is 25.0 Å². The van der Waals surface area contributed by atoms with Crippen molar-refractivity contribution in [2.24, 2.45) is 0 Å². The fraction of sp³-hybridized carbons (Fsp3) is 0.421. The summed E-state index contributed by atoms with van der Waals surface area (Å²) in [6.07, 6.45) is -0.591. The van der Waals surface area contributed by atoms with Gasteiger partial charge in [0.25, 0.3) is 5.91 Å². The van der Waals surface area contributed by atoms with Crippen molar-refractivity contribution in [3.63, 3.8) is 0 Å². The van der Waals surface area contributed by atoms with E-state index in [1.54, 1.807) is 0 Å². The van der Waals surface area contributed by atoms with Crippen LogP contribution in [-0.4, -0.2) is 77.0 Å². The number of piperazine rings is 1. The number of Topliss-reactive ketones (excluding diaryl/α,β-unsaturated/α-hetero) is 1. The first-order valence-corrected chi connectivity index (χ1v) is 9.27. The topological polar surface area (TPSA) is 99.2 Å². The van der Waals surface area contributed by atoms with Crippen molar-refractivity contribution in [3.05, 3.63) is 46.9 Å². The number of amides is 2. The van der Waals surface area contributed by atoms with E-state index in [1.165, 1.54) is 16.0 Å². The van der Waals surface area contributed by atoms with Crippen LogP contribution < -0.4 is 5.32 Å². The molecule has 4 rings (SSSR count). The third kappa shape index (κ3) is 3.43. The Hall–Kier alpha value is -2.92. The molecule has 1 aromatic rings. The Morgan fingerprint density at radius 2 is 1.93 bits per heavy atom. The number of aliphatic hydroxyl groups is 1. The van der Waals surface area contributed by atoms with Crippen molar-refractivity contribution in [3.8, 4) is 0 Å². The summed E-state index contributed by atoms with van der Waals surface area (Å²) in [6.45, 7) is 0.567. The van der Waals surface area contributed by atoms with Gasteiger partial charge >= 0.3 is 0 Å². The van der Waals surface area contributed by atoms with E-state index < -0.39 is 64.9 Å². The molecule has 3 heterocycles. The van der Waals surface area contributed by atoms with Gasteiger partial charge in [-0.2, -0.15) is 0 Å². The van der Waals surface area contributed by atoms with Crippen LogP contribution in [0, 0.1) is 17.5 Å². The number of aliphatic hydroxyl groups excluding tert-OH is 1. The van der Waals surface area contributed by atoms with Gasteiger partial charge in [0, 0.05) is 43.5 Å². The van der Waals surface area contributed by atoms with Crippen molar-refractivity contribution in [2.45, 2.75) is 24.7 Å². The maximum absolute atomic E-state index is 13.8. The van der Waals surface area contributed by atoms with Crippen molar-refractivity contribution < 1.29 is 37.4 Å². The number of carbonyl (C=O) groups excluding carboxylic acids is 3. The van der Waals surface area contributed by atoms with Crippen LogP contribution in [-0.2, 0) is 25.7 Å². The molecule has 3 aliphatic rings. The van der Waals surface area contributed by atoms with Gasteiger partial charge in [0.2, 0.25) is 11.7 Å². The summed E-state index contributed by atoms with van der Waals surface area (Å²) in [5.41, 5.74) is -1.03. The Labute approximate surface area is 168 Å². The minimum atomic E-state index is -1.77. The highest BCUT2D eigenvalue weighted by Crippen LogP contribution is 2.28. The number of ketones is 1. The van der Waals surface area contributed by atoms with Gasteiger partial charge in [-0.3, -0.25) is 14.4 Å². The Morgan fingerprint density at radius 1 is 1.23 bits per heavy atom. The van der Waals surface area contributed by atoms with Crippen LogP contribution in [0.25, 0.3) is 0 Å². The maximum atomic E-state index is 13.8. The molecule has 2 saturated heterocycles. The quantitative estimate of drug-likeness (QED) is 0.632. The van der Waals surface area contributed by atoms with Crippen LogP contribution >= 0.6 is 0 Å². The SMILES string of the molecule is O=C(NCc1c(F)cc(F)cc1F)C1=CN2C(C(=O)N3CCOC[C@H]2C3)C(O)C1=O. The van der Waals surface area contributed by atoms with Crippen LogP contribution in [0.2, 0.25) is 0 Å². The van der Waals surface area contributed by atoms with Gasteiger partial charge in [0.05, 0.1) is 19.3 Å².